The van der Waals surface area contributed by atoms with Gasteiger partial charge >= 0.3 is 5.97 Å². The lowest BCUT2D eigenvalue weighted by Crippen LogP contribution is -2.08. The van der Waals surface area contributed by atoms with Gasteiger partial charge in [0.1, 0.15) is 18.0 Å². The molecule has 0 spiro atoms. The highest BCUT2D eigenvalue weighted by atomic mass is 19.2. The molecule has 0 aliphatic rings. The van der Waals surface area contributed by atoms with E-state index in [9.17, 15) is 22.8 Å². The van der Waals surface area contributed by atoms with Crippen LogP contribution in [0.4, 0.5) is 13.2 Å². The molecule has 0 atom stereocenters. The summed E-state index contributed by atoms with van der Waals surface area (Å²) in [6.45, 7) is 0. The first-order chi connectivity index (χ1) is 7.90. The molecule has 0 aromatic heterocycles. The average Bonchev–Trinajstić information content (AvgIpc) is 2.20. The molecule has 0 saturated heterocycles. The van der Waals surface area contributed by atoms with Crippen molar-refractivity contribution in [1.82, 2.24) is 0 Å². The molecule has 0 amide bonds. The second-order valence-corrected chi connectivity index (χ2v) is 3.47. The Balaban J connectivity index is 2.66. The Morgan fingerprint density at radius 1 is 1.06 bits per heavy atom. The molecule has 0 bridgehead atoms. The predicted octanol–water partition coefficient (Wildman–Crippen LogP) is 2.08. The maximum Gasteiger partial charge on any atom is 0.310 e. The molecule has 0 aliphatic carbocycles. The van der Waals surface area contributed by atoms with E-state index in [1.54, 1.807) is 0 Å². The van der Waals surface area contributed by atoms with Crippen LogP contribution in [0.15, 0.2) is 12.1 Å². The number of carbonyl (C=O) groups excluding carboxylic acids is 1. The SMILES string of the molecule is O=C(O)CC(=O)CCc1cc(F)c(F)cc1F. The minimum atomic E-state index is -1.30. The van der Waals surface area contributed by atoms with Gasteiger partial charge in [0, 0.05) is 12.5 Å². The molecule has 0 radical (unpaired) electrons. The summed E-state index contributed by atoms with van der Waals surface area (Å²) in [6, 6.07) is 1.06. The molecule has 0 saturated carbocycles. The van der Waals surface area contributed by atoms with Crippen LogP contribution in [-0.4, -0.2) is 16.9 Å². The number of hydrogen-bond donors (Lipinski definition) is 1. The number of carbonyl (C=O) groups is 2. The van der Waals surface area contributed by atoms with Crippen LogP contribution >= 0.6 is 0 Å². The summed E-state index contributed by atoms with van der Waals surface area (Å²) in [6.07, 6.45) is -1.05. The van der Waals surface area contributed by atoms with Crippen molar-refractivity contribution in [2.75, 3.05) is 0 Å². The Labute approximate surface area is 94.9 Å². The van der Waals surface area contributed by atoms with Crippen molar-refractivity contribution in [1.29, 1.82) is 0 Å². The van der Waals surface area contributed by atoms with E-state index >= 15 is 0 Å². The monoisotopic (exact) mass is 246 g/mol. The predicted molar refractivity (Wildman–Crippen MR) is 51.9 cm³/mol. The second-order valence-electron chi connectivity index (χ2n) is 3.47. The zero-order valence-corrected chi connectivity index (χ0v) is 8.67. The maximum absolute atomic E-state index is 13.1. The van der Waals surface area contributed by atoms with Crippen LogP contribution in [0.3, 0.4) is 0 Å². The molecule has 92 valence electrons. The molecule has 0 fully saturated rings. The normalized spacial score (nSPS) is 10.3. The van der Waals surface area contributed by atoms with Gasteiger partial charge in [-0.2, -0.15) is 0 Å². The highest BCUT2D eigenvalue weighted by Gasteiger charge is 2.12. The van der Waals surface area contributed by atoms with E-state index in [2.05, 4.69) is 0 Å². The Kier molecular flexibility index (Phi) is 4.25. The van der Waals surface area contributed by atoms with Gasteiger partial charge in [0.05, 0.1) is 0 Å². The third-order valence-corrected chi connectivity index (χ3v) is 2.11. The van der Waals surface area contributed by atoms with Gasteiger partial charge < -0.3 is 5.11 Å². The lowest BCUT2D eigenvalue weighted by Gasteiger charge is -2.03. The lowest BCUT2D eigenvalue weighted by atomic mass is 10.1. The van der Waals surface area contributed by atoms with Crippen LogP contribution in [-0.2, 0) is 16.0 Å². The van der Waals surface area contributed by atoms with Gasteiger partial charge in [-0.05, 0) is 18.1 Å². The van der Waals surface area contributed by atoms with Crippen molar-refractivity contribution in [2.45, 2.75) is 19.3 Å². The van der Waals surface area contributed by atoms with Gasteiger partial charge in [-0.3, -0.25) is 9.59 Å². The highest BCUT2D eigenvalue weighted by Crippen LogP contribution is 2.15. The lowest BCUT2D eigenvalue weighted by molar-refractivity contribution is -0.140. The van der Waals surface area contributed by atoms with Crippen molar-refractivity contribution >= 4 is 11.8 Å². The highest BCUT2D eigenvalue weighted by molar-refractivity contribution is 5.94. The number of carboxylic acid groups (broad SMARTS) is 1. The maximum atomic E-state index is 13.1. The van der Waals surface area contributed by atoms with E-state index < -0.39 is 35.6 Å². The van der Waals surface area contributed by atoms with Gasteiger partial charge in [0.25, 0.3) is 0 Å². The summed E-state index contributed by atoms with van der Waals surface area (Å²) >= 11 is 0. The molecular formula is C11H9F3O3. The van der Waals surface area contributed by atoms with E-state index in [0.717, 1.165) is 0 Å². The van der Waals surface area contributed by atoms with Crippen LogP contribution in [0.1, 0.15) is 18.4 Å². The van der Waals surface area contributed by atoms with E-state index in [-0.39, 0.29) is 18.4 Å². The van der Waals surface area contributed by atoms with Crippen molar-refractivity contribution < 1.29 is 27.9 Å². The fourth-order valence-electron chi connectivity index (χ4n) is 1.29. The van der Waals surface area contributed by atoms with Gasteiger partial charge in [-0.15, -0.1) is 0 Å². The summed E-state index contributed by atoms with van der Waals surface area (Å²) < 4.78 is 38.5. The Hall–Kier alpha value is -1.85. The Morgan fingerprint density at radius 3 is 2.24 bits per heavy atom. The molecule has 6 heteroatoms. The standard InChI is InChI=1S/C11H9F3O3/c12-8-5-10(14)9(13)3-6(8)1-2-7(15)4-11(16)17/h3,5H,1-2,4H2,(H,16,17). The number of carboxylic acids is 1. The summed E-state index contributed by atoms with van der Waals surface area (Å²) in [5.41, 5.74) is -0.150. The molecule has 0 unspecified atom stereocenters. The molecule has 3 nitrogen and oxygen atoms in total. The molecule has 1 aromatic rings. The first kappa shape index (κ1) is 13.2. The van der Waals surface area contributed by atoms with Gasteiger partial charge in [0.15, 0.2) is 11.6 Å². The molecule has 0 aliphatic heterocycles. The molecule has 1 rings (SSSR count). The fourth-order valence-corrected chi connectivity index (χ4v) is 1.29. The van der Waals surface area contributed by atoms with E-state index in [1.165, 1.54) is 0 Å². The van der Waals surface area contributed by atoms with Gasteiger partial charge in [-0.25, -0.2) is 13.2 Å². The molecule has 0 heterocycles. The van der Waals surface area contributed by atoms with Gasteiger partial charge in [-0.1, -0.05) is 0 Å². The summed E-state index contributed by atoms with van der Waals surface area (Å²) in [5.74, 6) is -5.33. The second kappa shape index (κ2) is 5.47. The fraction of sp³-hybridized carbons (Fsp3) is 0.273. The number of hydrogen-bond acceptors (Lipinski definition) is 2. The van der Waals surface area contributed by atoms with Crippen LogP contribution in [0.2, 0.25) is 0 Å². The van der Waals surface area contributed by atoms with Gasteiger partial charge in [0.2, 0.25) is 0 Å². The van der Waals surface area contributed by atoms with Crippen LogP contribution in [0.25, 0.3) is 0 Å². The van der Waals surface area contributed by atoms with Crippen molar-refractivity contribution in [3.63, 3.8) is 0 Å². The molecule has 1 N–H and O–H groups in total. The number of benzene rings is 1. The first-order valence-corrected chi connectivity index (χ1v) is 4.77. The van der Waals surface area contributed by atoms with Crippen LogP contribution < -0.4 is 0 Å². The zero-order valence-electron chi connectivity index (χ0n) is 8.67. The third-order valence-electron chi connectivity index (χ3n) is 2.11. The number of rotatable bonds is 5. The number of aryl methyl sites for hydroxylation is 1. The molecular weight excluding hydrogens is 237 g/mol. The first-order valence-electron chi connectivity index (χ1n) is 4.77. The topological polar surface area (TPSA) is 54.4 Å². The summed E-state index contributed by atoms with van der Waals surface area (Å²) in [7, 11) is 0. The summed E-state index contributed by atoms with van der Waals surface area (Å²) in [5, 5.41) is 8.31. The van der Waals surface area contributed by atoms with Crippen LogP contribution in [0.5, 0.6) is 0 Å². The zero-order chi connectivity index (χ0) is 13.0. The Bertz CT molecular complexity index is 458. The van der Waals surface area contributed by atoms with E-state index in [1.807, 2.05) is 0 Å². The summed E-state index contributed by atoms with van der Waals surface area (Å²) in [4.78, 5) is 21.2. The third kappa shape index (κ3) is 3.90. The number of Topliss-reactive ketones (excluding diaryl/α,β-unsaturated/α-hetero) is 1. The van der Waals surface area contributed by atoms with Crippen molar-refractivity contribution in [3.05, 3.63) is 35.1 Å². The quantitative estimate of drug-likeness (QED) is 0.639. The minimum absolute atomic E-state index is 0.150. The average molecular weight is 246 g/mol. The molecule has 1 aromatic carbocycles. The minimum Gasteiger partial charge on any atom is -0.481 e. The van der Waals surface area contributed by atoms with Crippen molar-refractivity contribution in [2.24, 2.45) is 0 Å². The number of ketones is 1. The number of halogens is 3. The Morgan fingerprint density at radius 2 is 1.65 bits per heavy atom. The van der Waals surface area contributed by atoms with E-state index in [0.29, 0.717) is 12.1 Å². The molecule has 17 heavy (non-hydrogen) atoms. The largest absolute Gasteiger partial charge is 0.481 e. The number of aliphatic carboxylic acids is 1. The smallest absolute Gasteiger partial charge is 0.310 e. The van der Waals surface area contributed by atoms with Crippen molar-refractivity contribution in [3.8, 4) is 0 Å². The van der Waals surface area contributed by atoms with Crippen LogP contribution in [0, 0.1) is 17.5 Å². The van der Waals surface area contributed by atoms with E-state index in [4.69, 9.17) is 5.11 Å².